The fourth-order valence-corrected chi connectivity index (χ4v) is 7.84. The van der Waals surface area contributed by atoms with Gasteiger partial charge in [-0.3, -0.25) is 9.59 Å². The first-order chi connectivity index (χ1) is 17.4. The molecule has 0 aromatic carbocycles. The van der Waals surface area contributed by atoms with E-state index in [9.17, 15) is 15.0 Å². The Bertz CT molecular complexity index is 706. The molecule has 0 unspecified atom stereocenters. The molecule has 4 N–H and O–H groups in total. The molecule has 0 aromatic heterocycles. The van der Waals surface area contributed by atoms with E-state index < -0.39 is 45.4 Å². The highest BCUT2D eigenvalue weighted by Gasteiger charge is 2.60. The van der Waals surface area contributed by atoms with Crippen LogP contribution < -0.4 is 5.73 Å². The van der Waals surface area contributed by atoms with Gasteiger partial charge in [0.2, 0.25) is 11.8 Å². The summed E-state index contributed by atoms with van der Waals surface area (Å²) in [6.45, 7) is 20.7. The van der Waals surface area contributed by atoms with Crippen LogP contribution in [-0.4, -0.2) is 50.2 Å². The minimum absolute atomic E-state index is 0.291. The van der Waals surface area contributed by atoms with E-state index in [0.717, 1.165) is 44.9 Å². The molecule has 1 aliphatic rings. The van der Waals surface area contributed by atoms with Crippen LogP contribution in [0.5, 0.6) is 0 Å². The van der Waals surface area contributed by atoms with Gasteiger partial charge < -0.3 is 20.8 Å². The first kappa shape index (κ1) is 34.9. The van der Waals surface area contributed by atoms with Crippen molar-refractivity contribution in [2.45, 2.75) is 176 Å². The number of carbonyl (C=O) groups excluding carboxylic acids is 2. The van der Waals surface area contributed by atoms with Gasteiger partial charge in [-0.25, -0.2) is 0 Å². The van der Waals surface area contributed by atoms with E-state index >= 15 is 4.79 Å². The number of aliphatic hydroxyl groups is 2. The summed E-state index contributed by atoms with van der Waals surface area (Å²) in [5.41, 5.74) is 1.39. The van der Waals surface area contributed by atoms with Crippen molar-refractivity contribution < 1.29 is 19.8 Å². The first-order valence-corrected chi connectivity index (χ1v) is 15.5. The van der Waals surface area contributed by atoms with Crippen LogP contribution in [0, 0.1) is 16.2 Å². The number of amides is 2. The van der Waals surface area contributed by atoms with Gasteiger partial charge in [0.25, 0.3) is 0 Å². The molecule has 1 saturated carbocycles. The van der Waals surface area contributed by atoms with E-state index in [2.05, 4.69) is 69.2 Å². The van der Waals surface area contributed by atoms with Crippen molar-refractivity contribution in [3.8, 4) is 0 Å². The quantitative estimate of drug-likeness (QED) is 0.213. The largest absolute Gasteiger partial charge is 0.388 e. The molecular formula is C32H62N2O4. The predicted molar refractivity (Wildman–Crippen MR) is 158 cm³/mol. The van der Waals surface area contributed by atoms with Gasteiger partial charge in [-0.05, 0) is 49.4 Å². The van der Waals surface area contributed by atoms with Crippen LogP contribution in [0.2, 0.25) is 0 Å². The summed E-state index contributed by atoms with van der Waals surface area (Å²) >= 11 is 0. The molecule has 1 aliphatic carbocycles. The van der Waals surface area contributed by atoms with E-state index in [-0.39, 0.29) is 5.91 Å². The van der Waals surface area contributed by atoms with E-state index in [0.29, 0.717) is 38.5 Å². The fourth-order valence-electron chi connectivity index (χ4n) is 7.84. The lowest BCUT2D eigenvalue weighted by atomic mass is 9.64. The van der Waals surface area contributed by atoms with Crippen LogP contribution in [-0.2, 0) is 9.59 Å². The molecule has 6 heteroatoms. The number of hydrogen-bond donors (Lipinski definition) is 3. The predicted octanol–water partition coefficient (Wildman–Crippen LogP) is 6.74. The van der Waals surface area contributed by atoms with Crippen LogP contribution in [0.1, 0.15) is 153 Å². The van der Waals surface area contributed by atoms with E-state index in [1.54, 1.807) is 0 Å². The van der Waals surface area contributed by atoms with Crippen LogP contribution in [0.15, 0.2) is 0 Å². The molecule has 1 fully saturated rings. The number of primary amides is 1. The van der Waals surface area contributed by atoms with Crippen molar-refractivity contribution in [1.82, 2.24) is 4.90 Å². The molecule has 6 nitrogen and oxygen atoms in total. The smallest absolute Gasteiger partial charge is 0.238 e. The van der Waals surface area contributed by atoms with Crippen LogP contribution in [0.25, 0.3) is 0 Å². The molecule has 0 spiro atoms. The summed E-state index contributed by atoms with van der Waals surface area (Å²) < 4.78 is 0. The minimum Gasteiger partial charge on any atom is -0.388 e. The Morgan fingerprint density at radius 2 is 1.03 bits per heavy atom. The molecule has 0 bridgehead atoms. The molecule has 1 rings (SSSR count). The maximum atomic E-state index is 15.2. The van der Waals surface area contributed by atoms with Crippen LogP contribution in [0.4, 0.5) is 0 Å². The second-order valence-corrected chi connectivity index (χ2v) is 14.5. The zero-order chi connectivity index (χ0) is 29.6. The third kappa shape index (κ3) is 7.53. The number of hydrogen-bond acceptors (Lipinski definition) is 4. The Kier molecular flexibility index (Phi) is 12.4. The highest BCUT2D eigenvalue weighted by molar-refractivity contribution is 6.04. The average molecular weight is 539 g/mol. The summed E-state index contributed by atoms with van der Waals surface area (Å²) in [5, 5.41) is 25.0. The molecule has 224 valence electrons. The Balaban J connectivity index is 4.21. The molecule has 2 atom stereocenters. The van der Waals surface area contributed by atoms with Crippen molar-refractivity contribution in [3.05, 3.63) is 0 Å². The minimum atomic E-state index is -1.32. The first-order valence-electron chi connectivity index (χ1n) is 15.5. The Hall–Kier alpha value is -1.14. The second kappa shape index (κ2) is 13.5. The normalized spacial score (nSPS) is 18.6. The molecule has 2 amide bonds. The fraction of sp³-hybridized carbons (Fsp3) is 0.938. The number of carbonyl (C=O) groups is 2. The maximum absolute atomic E-state index is 15.2. The molecule has 0 radical (unpaired) electrons. The standard InChI is InChI=1S/C32H62N2O4/c1-11-18-31(37,19-12-2)24(28(5,6)7)34(27(36)30(26(33)35)22-16-15-17-23-30)25(29(8,9)10)32(38,20-13-3)21-14-4/h24-25,37-38H,11-23H2,1-10H3,(H2,33,35)/t24-,25-/m1/s1. The second-order valence-electron chi connectivity index (χ2n) is 14.5. The maximum Gasteiger partial charge on any atom is 0.238 e. The number of nitrogens with two attached hydrogens (primary N) is 1. The number of nitrogens with zero attached hydrogens (tertiary/aromatic N) is 1. The summed E-state index contributed by atoms with van der Waals surface area (Å²) in [5.74, 6) is -0.864. The van der Waals surface area contributed by atoms with Gasteiger partial charge in [-0.1, -0.05) is 114 Å². The lowest BCUT2D eigenvalue weighted by Gasteiger charge is -2.59. The topological polar surface area (TPSA) is 104 Å². The zero-order valence-electron chi connectivity index (χ0n) is 26.6. The summed E-state index contributed by atoms with van der Waals surface area (Å²) in [6, 6.07) is -1.21. The molecular weight excluding hydrogens is 476 g/mol. The zero-order valence-corrected chi connectivity index (χ0v) is 26.6. The van der Waals surface area contributed by atoms with Crippen molar-refractivity contribution in [2.75, 3.05) is 0 Å². The summed E-state index contributed by atoms with van der Waals surface area (Å²) in [7, 11) is 0. The molecule has 0 heterocycles. The van der Waals surface area contributed by atoms with Gasteiger partial charge in [0.15, 0.2) is 0 Å². The Morgan fingerprint density at radius 3 is 1.26 bits per heavy atom. The van der Waals surface area contributed by atoms with Crippen molar-refractivity contribution in [3.63, 3.8) is 0 Å². The SMILES string of the molecule is CCCC(O)(CCC)[C@H](N(C(=O)C1(C(N)=O)CCCCC1)[C@H](C(C)(C)C)C(O)(CCC)CCC)C(C)(C)C. The highest BCUT2D eigenvalue weighted by atomic mass is 16.3. The van der Waals surface area contributed by atoms with Crippen molar-refractivity contribution in [1.29, 1.82) is 0 Å². The molecule has 0 saturated heterocycles. The number of rotatable bonds is 14. The van der Waals surface area contributed by atoms with Crippen molar-refractivity contribution >= 4 is 11.8 Å². The average Bonchev–Trinajstić information content (AvgIpc) is 2.77. The third-order valence-electron chi connectivity index (χ3n) is 8.77. The Morgan fingerprint density at radius 1 is 0.711 bits per heavy atom. The summed E-state index contributed by atoms with van der Waals surface area (Å²) in [6.07, 6.45) is 8.55. The lowest BCUT2D eigenvalue weighted by molar-refractivity contribution is -0.196. The van der Waals surface area contributed by atoms with Gasteiger partial charge >= 0.3 is 0 Å². The van der Waals surface area contributed by atoms with E-state index in [4.69, 9.17) is 5.73 Å². The van der Waals surface area contributed by atoms with Gasteiger partial charge in [-0.2, -0.15) is 0 Å². The Labute approximate surface area is 234 Å². The monoisotopic (exact) mass is 538 g/mol. The van der Waals surface area contributed by atoms with E-state index in [1.165, 1.54) is 0 Å². The van der Waals surface area contributed by atoms with Crippen LogP contribution >= 0.6 is 0 Å². The highest BCUT2D eigenvalue weighted by Crippen LogP contribution is 2.49. The molecule has 0 aliphatic heterocycles. The van der Waals surface area contributed by atoms with Gasteiger partial charge in [0.05, 0.1) is 23.3 Å². The van der Waals surface area contributed by atoms with Crippen LogP contribution in [0.3, 0.4) is 0 Å². The molecule has 0 aromatic rings. The van der Waals surface area contributed by atoms with Gasteiger partial charge in [-0.15, -0.1) is 0 Å². The van der Waals surface area contributed by atoms with Gasteiger partial charge in [0, 0.05) is 0 Å². The lowest BCUT2D eigenvalue weighted by Crippen LogP contribution is -2.72. The summed E-state index contributed by atoms with van der Waals surface area (Å²) in [4.78, 5) is 30.2. The van der Waals surface area contributed by atoms with Crippen molar-refractivity contribution in [2.24, 2.45) is 22.0 Å². The third-order valence-corrected chi connectivity index (χ3v) is 8.77. The van der Waals surface area contributed by atoms with Gasteiger partial charge in [0.1, 0.15) is 5.41 Å². The van der Waals surface area contributed by atoms with E-state index in [1.807, 2.05) is 4.90 Å². The molecule has 38 heavy (non-hydrogen) atoms.